The maximum absolute atomic E-state index is 5.25. The highest BCUT2D eigenvalue weighted by atomic mass is 16.5. The Morgan fingerprint density at radius 1 is 0.900 bits per heavy atom. The average molecular weight is 266 g/mol. The van der Waals surface area contributed by atoms with Crippen molar-refractivity contribution in [3.05, 3.63) is 71.3 Å². The molecule has 0 heterocycles. The largest absolute Gasteiger partial charge is 0.497 e. The van der Waals surface area contributed by atoms with Gasteiger partial charge in [0.1, 0.15) is 5.75 Å². The van der Waals surface area contributed by atoms with E-state index in [0.29, 0.717) is 0 Å². The van der Waals surface area contributed by atoms with Crippen molar-refractivity contribution in [2.45, 2.75) is 26.7 Å². The molecule has 0 spiro atoms. The molecule has 2 aromatic rings. The van der Waals surface area contributed by atoms with Crippen LogP contribution in [-0.2, 0) is 0 Å². The Morgan fingerprint density at radius 2 is 1.50 bits per heavy atom. The molecular formula is C19H22O. The van der Waals surface area contributed by atoms with Crippen molar-refractivity contribution in [2.24, 2.45) is 0 Å². The van der Waals surface area contributed by atoms with Crippen molar-refractivity contribution in [3.8, 4) is 5.75 Å². The predicted molar refractivity (Wildman–Crippen MR) is 86.0 cm³/mol. The molecule has 0 N–H and O–H groups in total. The molecule has 1 heteroatoms. The molecule has 0 aliphatic carbocycles. The van der Waals surface area contributed by atoms with E-state index in [-0.39, 0.29) is 0 Å². The fourth-order valence-electron chi connectivity index (χ4n) is 2.52. The molecule has 0 saturated carbocycles. The first-order chi connectivity index (χ1) is 9.76. The van der Waals surface area contributed by atoms with E-state index in [4.69, 9.17) is 4.74 Å². The van der Waals surface area contributed by atoms with E-state index >= 15 is 0 Å². The first-order valence-corrected chi connectivity index (χ1v) is 7.16. The summed E-state index contributed by atoms with van der Waals surface area (Å²) in [5, 5.41) is 0. The summed E-state index contributed by atoms with van der Waals surface area (Å²) >= 11 is 0. The van der Waals surface area contributed by atoms with Crippen LogP contribution in [-0.4, -0.2) is 7.11 Å². The number of methoxy groups -OCH3 is 1. The minimum absolute atomic E-state index is 0.898. The molecule has 1 nitrogen and oxygen atoms in total. The van der Waals surface area contributed by atoms with Gasteiger partial charge >= 0.3 is 0 Å². The minimum Gasteiger partial charge on any atom is -0.497 e. The van der Waals surface area contributed by atoms with Crippen LogP contribution in [0.25, 0.3) is 5.57 Å². The summed E-state index contributed by atoms with van der Waals surface area (Å²) in [5.74, 6) is 0.898. The molecule has 0 unspecified atom stereocenters. The smallest absolute Gasteiger partial charge is 0.118 e. The van der Waals surface area contributed by atoms with Crippen molar-refractivity contribution < 1.29 is 4.74 Å². The highest BCUT2D eigenvalue weighted by molar-refractivity contribution is 5.82. The Morgan fingerprint density at radius 3 is 2.05 bits per heavy atom. The van der Waals surface area contributed by atoms with Gasteiger partial charge in [0.25, 0.3) is 0 Å². The van der Waals surface area contributed by atoms with Gasteiger partial charge in [0.15, 0.2) is 0 Å². The maximum Gasteiger partial charge on any atom is 0.118 e. The fourth-order valence-corrected chi connectivity index (χ4v) is 2.52. The number of benzene rings is 2. The standard InChI is InChI=1S/C19H22O/c1-4-8-15(2)19(16-9-6-5-7-10-16)17-11-13-18(20-3)14-12-17/h5-7,9-14H,4,8H2,1-3H3. The second kappa shape index (κ2) is 6.95. The van der Waals surface area contributed by atoms with Gasteiger partial charge in [-0.3, -0.25) is 0 Å². The van der Waals surface area contributed by atoms with Crippen molar-refractivity contribution >= 4 is 5.57 Å². The van der Waals surface area contributed by atoms with Crippen LogP contribution in [0.4, 0.5) is 0 Å². The monoisotopic (exact) mass is 266 g/mol. The second-order valence-electron chi connectivity index (χ2n) is 5.00. The second-order valence-corrected chi connectivity index (χ2v) is 5.00. The van der Waals surface area contributed by atoms with E-state index in [0.717, 1.165) is 12.2 Å². The zero-order valence-corrected chi connectivity index (χ0v) is 12.5. The third kappa shape index (κ3) is 3.30. The van der Waals surface area contributed by atoms with E-state index in [1.807, 2.05) is 12.1 Å². The molecule has 0 aromatic heterocycles. The fraction of sp³-hybridized carbons (Fsp3) is 0.263. The number of ether oxygens (including phenoxy) is 1. The first kappa shape index (κ1) is 14.4. The Kier molecular flexibility index (Phi) is 5.00. The number of hydrogen-bond donors (Lipinski definition) is 0. The quantitative estimate of drug-likeness (QED) is 0.712. The number of hydrogen-bond acceptors (Lipinski definition) is 1. The third-order valence-electron chi connectivity index (χ3n) is 3.49. The average Bonchev–Trinajstić information content (AvgIpc) is 2.50. The van der Waals surface area contributed by atoms with Gasteiger partial charge in [-0.05, 0) is 42.2 Å². The van der Waals surface area contributed by atoms with Crippen molar-refractivity contribution in [1.29, 1.82) is 0 Å². The van der Waals surface area contributed by atoms with Crippen LogP contribution < -0.4 is 4.74 Å². The van der Waals surface area contributed by atoms with Crippen LogP contribution in [0.3, 0.4) is 0 Å². The summed E-state index contributed by atoms with van der Waals surface area (Å²) < 4.78 is 5.25. The normalized spacial score (nSPS) is 11.9. The zero-order chi connectivity index (χ0) is 14.4. The van der Waals surface area contributed by atoms with E-state index in [1.54, 1.807) is 7.11 Å². The van der Waals surface area contributed by atoms with Gasteiger partial charge in [0, 0.05) is 0 Å². The Hall–Kier alpha value is -2.02. The number of rotatable bonds is 5. The van der Waals surface area contributed by atoms with Crippen LogP contribution in [0.1, 0.15) is 37.8 Å². The molecule has 0 saturated heterocycles. The van der Waals surface area contributed by atoms with Crippen molar-refractivity contribution in [2.75, 3.05) is 7.11 Å². The molecular weight excluding hydrogens is 244 g/mol. The van der Waals surface area contributed by atoms with Crippen LogP contribution in [0.2, 0.25) is 0 Å². The number of allylic oxidation sites excluding steroid dienone is 1. The molecule has 0 aliphatic rings. The summed E-state index contributed by atoms with van der Waals surface area (Å²) in [5.41, 5.74) is 5.31. The lowest BCUT2D eigenvalue weighted by molar-refractivity contribution is 0.415. The van der Waals surface area contributed by atoms with Crippen LogP contribution >= 0.6 is 0 Å². The molecule has 104 valence electrons. The zero-order valence-electron chi connectivity index (χ0n) is 12.5. The van der Waals surface area contributed by atoms with Gasteiger partial charge in [-0.2, -0.15) is 0 Å². The van der Waals surface area contributed by atoms with Gasteiger partial charge in [-0.25, -0.2) is 0 Å². The first-order valence-electron chi connectivity index (χ1n) is 7.16. The summed E-state index contributed by atoms with van der Waals surface area (Å²) in [4.78, 5) is 0. The summed E-state index contributed by atoms with van der Waals surface area (Å²) in [6, 6.07) is 18.9. The van der Waals surface area contributed by atoms with Crippen LogP contribution in [0.5, 0.6) is 5.75 Å². The van der Waals surface area contributed by atoms with E-state index < -0.39 is 0 Å². The Labute approximate surface area is 121 Å². The van der Waals surface area contributed by atoms with Crippen LogP contribution in [0, 0.1) is 0 Å². The van der Waals surface area contributed by atoms with Crippen molar-refractivity contribution in [1.82, 2.24) is 0 Å². The molecule has 0 bridgehead atoms. The van der Waals surface area contributed by atoms with Crippen molar-refractivity contribution in [3.63, 3.8) is 0 Å². The SMILES string of the molecule is CCCC(C)=C(c1ccccc1)c1ccc(OC)cc1. The molecule has 20 heavy (non-hydrogen) atoms. The van der Waals surface area contributed by atoms with Gasteiger partial charge in [-0.15, -0.1) is 0 Å². The minimum atomic E-state index is 0.898. The predicted octanol–water partition coefficient (Wildman–Crippen LogP) is 5.32. The highest BCUT2D eigenvalue weighted by Gasteiger charge is 2.08. The molecule has 2 rings (SSSR count). The van der Waals surface area contributed by atoms with Gasteiger partial charge < -0.3 is 4.74 Å². The summed E-state index contributed by atoms with van der Waals surface area (Å²) in [6.07, 6.45) is 2.29. The molecule has 0 aliphatic heterocycles. The maximum atomic E-state index is 5.25. The van der Waals surface area contributed by atoms with Gasteiger partial charge in [0.2, 0.25) is 0 Å². The lowest BCUT2D eigenvalue weighted by Crippen LogP contribution is -1.93. The van der Waals surface area contributed by atoms with E-state index in [1.165, 1.54) is 28.7 Å². The highest BCUT2D eigenvalue weighted by Crippen LogP contribution is 2.29. The lowest BCUT2D eigenvalue weighted by atomic mass is 9.92. The van der Waals surface area contributed by atoms with Gasteiger partial charge in [-0.1, -0.05) is 61.4 Å². The van der Waals surface area contributed by atoms with Gasteiger partial charge in [0.05, 0.1) is 7.11 Å². The van der Waals surface area contributed by atoms with E-state index in [2.05, 4.69) is 56.3 Å². The molecule has 0 amide bonds. The Balaban J connectivity index is 2.49. The Bertz CT molecular complexity index is 564. The summed E-state index contributed by atoms with van der Waals surface area (Å²) in [6.45, 7) is 4.45. The molecule has 0 atom stereocenters. The molecule has 0 radical (unpaired) electrons. The molecule has 2 aromatic carbocycles. The summed E-state index contributed by atoms with van der Waals surface area (Å²) in [7, 11) is 1.70. The topological polar surface area (TPSA) is 9.23 Å². The van der Waals surface area contributed by atoms with Crippen LogP contribution in [0.15, 0.2) is 60.2 Å². The third-order valence-corrected chi connectivity index (χ3v) is 3.49. The molecule has 0 fully saturated rings. The lowest BCUT2D eigenvalue weighted by Gasteiger charge is -2.13. The van der Waals surface area contributed by atoms with E-state index in [9.17, 15) is 0 Å².